The lowest BCUT2D eigenvalue weighted by atomic mass is 10.3. The number of nitrogens with zero attached hydrogens (tertiary/aromatic N) is 4. The Morgan fingerprint density at radius 2 is 1.88 bits per heavy atom. The van der Waals surface area contributed by atoms with Gasteiger partial charge in [0.05, 0.1) is 35.1 Å². The number of nitrogens with one attached hydrogen (secondary N) is 1. The van der Waals surface area contributed by atoms with Crippen molar-refractivity contribution in [2.45, 2.75) is 37.1 Å². The van der Waals surface area contributed by atoms with Gasteiger partial charge in [-0.3, -0.25) is 0 Å². The third kappa shape index (κ3) is 2.96. The van der Waals surface area contributed by atoms with Gasteiger partial charge in [-0.05, 0) is 39.0 Å². The van der Waals surface area contributed by atoms with Gasteiger partial charge in [0, 0.05) is 12.3 Å². The summed E-state index contributed by atoms with van der Waals surface area (Å²) < 4.78 is 25.6. The largest absolute Gasteiger partial charge is 0.378 e. The number of hydrogen-bond acceptors (Lipinski definition) is 6. The summed E-state index contributed by atoms with van der Waals surface area (Å²) in [6.45, 7) is 5.51. The molecule has 3 aromatic heterocycles. The lowest BCUT2D eigenvalue weighted by molar-refractivity contribution is 0.556. The van der Waals surface area contributed by atoms with Crippen LogP contribution in [-0.4, -0.2) is 32.7 Å². The van der Waals surface area contributed by atoms with Crippen molar-refractivity contribution in [3.8, 4) is 0 Å². The Bertz CT molecular complexity index is 956. The minimum absolute atomic E-state index is 0.0823. The highest BCUT2D eigenvalue weighted by Gasteiger charge is 2.31. The summed E-state index contributed by atoms with van der Waals surface area (Å²) in [6.07, 6.45) is 4.95. The summed E-state index contributed by atoms with van der Waals surface area (Å²) in [5, 5.41) is 7.52. The molecule has 24 heavy (non-hydrogen) atoms. The molecule has 0 bridgehead atoms. The van der Waals surface area contributed by atoms with E-state index >= 15 is 0 Å². The highest BCUT2D eigenvalue weighted by atomic mass is 32.2. The van der Waals surface area contributed by atoms with Crippen LogP contribution in [0.1, 0.15) is 26.5 Å². The van der Waals surface area contributed by atoms with Crippen molar-refractivity contribution in [2.24, 2.45) is 0 Å². The van der Waals surface area contributed by atoms with Gasteiger partial charge in [-0.2, -0.15) is 5.10 Å². The molecule has 0 saturated heterocycles. The predicted octanol–water partition coefficient (Wildman–Crippen LogP) is 2.31. The van der Waals surface area contributed by atoms with Crippen molar-refractivity contribution in [3.63, 3.8) is 0 Å². The van der Waals surface area contributed by atoms with Crippen molar-refractivity contribution < 1.29 is 8.42 Å². The van der Waals surface area contributed by atoms with Gasteiger partial charge >= 0.3 is 0 Å². The van der Waals surface area contributed by atoms with E-state index in [0.29, 0.717) is 6.54 Å². The quantitative estimate of drug-likeness (QED) is 0.780. The van der Waals surface area contributed by atoms with Crippen LogP contribution in [0.5, 0.6) is 0 Å². The molecule has 0 aliphatic carbocycles. The van der Waals surface area contributed by atoms with Crippen LogP contribution < -0.4 is 5.32 Å². The van der Waals surface area contributed by atoms with Crippen LogP contribution in [0.4, 0.5) is 5.69 Å². The lowest BCUT2D eigenvalue weighted by Gasteiger charge is -2.18. The van der Waals surface area contributed by atoms with E-state index in [0.717, 1.165) is 17.0 Å². The topological polar surface area (TPSA) is 89.2 Å². The van der Waals surface area contributed by atoms with Crippen molar-refractivity contribution in [1.82, 2.24) is 19.6 Å². The van der Waals surface area contributed by atoms with Gasteiger partial charge in [-0.15, -0.1) is 0 Å². The van der Waals surface area contributed by atoms with Gasteiger partial charge in [0.2, 0.25) is 0 Å². The van der Waals surface area contributed by atoms with E-state index in [9.17, 15) is 8.42 Å². The minimum atomic E-state index is -3.44. The highest BCUT2D eigenvalue weighted by Crippen LogP contribution is 2.23. The van der Waals surface area contributed by atoms with E-state index in [4.69, 9.17) is 0 Å². The molecule has 0 fully saturated rings. The molecule has 3 heterocycles. The lowest BCUT2D eigenvalue weighted by Crippen LogP contribution is -2.28. The second kappa shape index (κ2) is 5.86. The fourth-order valence-electron chi connectivity index (χ4n) is 2.17. The summed E-state index contributed by atoms with van der Waals surface area (Å²) in [7, 11) is -3.44. The number of fused-ring (bicyclic) bond motifs is 1. The zero-order valence-electron chi connectivity index (χ0n) is 13.8. The molecule has 0 aliphatic rings. The van der Waals surface area contributed by atoms with Gasteiger partial charge in [0.15, 0.2) is 20.5 Å². The van der Waals surface area contributed by atoms with Crippen molar-refractivity contribution in [3.05, 3.63) is 48.5 Å². The molecule has 3 aromatic rings. The van der Waals surface area contributed by atoms with Gasteiger partial charge in [0.1, 0.15) is 0 Å². The van der Waals surface area contributed by atoms with E-state index in [2.05, 4.69) is 20.4 Å². The minimum Gasteiger partial charge on any atom is -0.378 e. The normalized spacial score (nSPS) is 12.5. The summed E-state index contributed by atoms with van der Waals surface area (Å²) in [5.41, 5.74) is 2.45. The Kier molecular flexibility index (Phi) is 4.00. The maximum atomic E-state index is 12.4. The second-order valence-electron chi connectivity index (χ2n) is 6.39. The van der Waals surface area contributed by atoms with Crippen LogP contribution in [0.15, 0.2) is 47.9 Å². The number of sulfone groups is 1. The molecular weight excluding hydrogens is 326 g/mol. The average molecular weight is 345 g/mol. The van der Waals surface area contributed by atoms with Crippen LogP contribution in [0.3, 0.4) is 0 Å². The number of rotatable bonds is 4. The van der Waals surface area contributed by atoms with Gasteiger partial charge in [-0.25, -0.2) is 22.9 Å². The smallest absolute Gasteiger partial charge is 0.200 e. The Balaban J connectivity index is 1.77. The molecule has 126 valence electrons. The molecule has 8 heteroatoms. The van der Waals surface area contributed by atoms with Crippen LogP contribution in [0.25, 0.3) is 5.65 Å². The van der Waals surface area contributed by atoms with Crippen LogP contribution in [-0.2, 0) is 16.4 Å². The van der Waals surface area contributed by atoms with Gasteiger partial charge in [0.25, 0.3) is 0 Å². The SMILES string of the molecule is CC(C)(C)S(=O)(=O)c1ccc(NCc2ccnc3ccnn23)cn1. The Morgan fingerprint density at radius 1 is 1.08 bits per heavy atom. The van der Waals surface area contributed by atoms with Crippen LogP contribution in [0.2, 0.25) is 0 Å². The number of pyridine rings is 1. The van der Waals surface area contributed by atoms with E-state index in [1.807, 2.05) is 12.1 Å². The van der Waals surface area contributed by atoms with Crippen molar-refractivity contribution >= 4 is 21.2 Å². The van der Waals surface area contributed by atoms with Gasteiger partial charge in [-0.1, -0.05) is 0 Å². The van der Waals surface area contributed by atoms with E-state index in [-0.39, 0.29) is 5.03 Å². The molecule has 7 nitrogen and oxygen atoms in total. The molecule has 0 saturated carbocycles. The Morgan fingerprint density at radius 3 is 2.54 bits per heavy atom. The molecule has 0 aliphatic heterocycles. The predicted molar refractivity (Wildman–Crippen MR) is 91.5 cm³/mol. The Hall–Kier alpha value is -2.48. The summed E-state index contributed by atoms with van der Waals surface area (Å²) in [6, 6.07) is 6.95. The van der Waals surface area contributed by atoms with Crippen LogP contribution >= 0.6 is 0 Å². The molecule has 0 unspecified atom stereocenters. The first-order chi connectivity index (χ1) is 11.3. The standard InChI is InChI=1S/C16H19N5O2S/c1-16(2,3)24(22,23)15-5-4-12(10-19-15)18-11-13-6-8-17-14-7-9-20-21(13)14/h4-10,18H,11H2,1-3H3. The summed E-state index contributed by atoms with van der Waals surface area (Å²) >= 11 is 0. The Labute approximate surface area is 140 Å². The first-order valence-electron chi connectivity index (χ1n) is 7.51. The maximum Gasteiger partial charge on any atom is 0.200 e. The molecule has 0 radical (unpaired) electrons. The maximum absolute atomic E-state index is 12.4. The number of aromatic nitrogens is 4. The molecule has 0 spiro atoms. The molecule has 3 rings (SSSR count). The third-order valence-corrected chi connectivity index (χ3v) is 6.06. The van der Waals surface area contributed by atoms with E-state index in [1.54, 1.807) is 43.7 Å². The summed E-state index contributed by atoms with van der Waals surface area (Å²) in [4.78, 5) is 8.31. The second-order valence-corrected chi connectivity index (χ2v) is 9.04. The van der Waals surface area contributed by atoms with E-state index in [1.165, 1.54) is 12.3 Å². The molecular formula is C16H19N5O2S. The fraction of sp³-hybridized carbons (Fsp3) is 0.312. The van der Waals surface area contributed by atoms with Crippen molar-refractivity contribution in [1.29, 1.82) is 0 Å². The monoisotopic (exact) mass is 345 g/mol. The third-order valence-electron chi connectivity index (χ3n) is 3.66. The summed E-state index contributed by atoms with van der Waals surface area (Å²) in [5.74, 6) is 0. The zero-order valence-corrected chi connectivity index (χ0v) is 14.6. The van der Waals surface area contributed by atoms with E-state index < -0.39 is 14.6 Å². The number of anilines is 1. The first kappa shape index (κ1) is 16.4. The van der Waals surface area contributed by atoms with Gasteiger partial charge < -0.3 is 5.32 Å². The molecule has 1 N–H and O–H groups in total. The first-order valence-corrected chi connectivity index (χ1v) is 8.99. The van der Waals surface area contributed by atoms with Crippen molar-refractivity contribution in [2.75, 3.05) is 5.32 Å². The highest BCUT2D eigenvalue weighted by molar-refractivity contribution is 7.92. The van der Waals surface area contributed by atoms with Crippen LogP contribution in [0, 0.1) is 0 Å². The average Bonchev–Trinajstić information content (AvgIpc) is 3.01. The molecule has 0 atom stereocenters. The zero-order chi connectivity index (χ0) is 17.4. The number of hydrogen-bond donors (Lipinski definition) is 1. The molecule has 0 amide bonds. The fourth-order valence-corrected chi connectivity index (χ4v) is 3.24. The molecule has 0 aromatic carbocycles.